The van der Waals surface area contributed by atoms with E-state index >= 15 is 0 Å². The molecule has 1 aromatic rings. The van der Waals surface area contributed by atoms with E-state index in [-0.39, 0.29) is 12.3 Å². The second kappa shape index (κ2) is 6.69. The van der Waals surface area contributed by atoms with Crippen LogP contribution >= 0.6 is 0 Å². The molecule has 0 saturated carbocycles. The van der Waals surface area contributed by atoms with E-state index in [2.05, 4.69) is 4.84 Å². The standard InChI is InChI=1S/C12H17NO7/c1-4-10(16)18-11(7(2)3)19-12(17)20-13-8(14)5-6-9(13)15/h5-7,11,14-15H,4H2,1-3H3. The average Bonchev–Trinajstić information content (AvgIpc) is 2.69. The van der Waals surface area contributed by atoms with Gasteiger partial charge in [0.2, 0.25) is 11.8 Å². The van der Waals surface area contributed by atoms with Crippen LogP contribution in [0.5, 0.6) is 11.8 Å². The summed E-state index contributed by atoms with van der Waals surface area (Å²) in [4.78, 5) is 27.3. The van der Waals surface area contributed by atoms with Gasteiger partial charge in [-0.3, -0.25) is 9.63 Å². The molecule has 0 saturated heterocycles. The van der Waals surface area contributed by atoms with Gasteiger partial charge in [0.15, 0.2) is 0 Å². The van der Waals surface area contributed by atoms with E-state index in [9.17, 15) is 19.8 Å². The van der Waals surface area contributed by atoms with Gasteiger partial charge in [-0.15, -0.1) is 4.73 Å². The van der Waals surface area contributed by atoms with E-state index in [1.165, 1.54) is 0 Å². The third kappa shape index (κ3) is 4.08. The average molecular weight is 287 g/mol. The number of aromatic hydroxyl groups is 2. The van der Waals surface area contributed by atoms with Gasteiger partial charge in [-0.2, -0.15) is 0 Å². The molecule has 0 aliphatic heterocycles. The first-order valence-corrected chi connectivity index (χ1v) is 6.03. The zero-order valence-electron chi connectivity index (χ0n) is 11.4. The Morgan fingerprint density at radius 2 is 1.75 bits per heavy atom. The lowest BCUT2D eigenvalue weighted by molar-refractivity contribution is -0.179. The minimum atomic E-state index is -1.23. The lowest BCUT2D eigenvalue weighted by atomic mass is 10.2. The minimum absolute atomic E-state index is 0.140. The van der Waals surface area contributed by atoms with Crippen LogP contribution in [0, 0.1) is 5.92 Å². The molecule has 0 aromatic carbocycles. The van der Waals surface area contributed by atoms with Crippen LogP contribution in [-0.2, 0) is 14.3 Å². The quantitative estimate of drug-likeness (QED) is 0.622. The Kier molecular flexibility index (Phi) is 5.24. The Bertz CT molecular complexity index is 461. The van der Waals surface area contributed by atoms with Crippen LogP contribution in [0.15, 0.2) is 12.1 Å². The SMILES string of the molecule is CCC(=O)OC(OC(=O)On1c(O)ccc1O)C(C)C. The van der Waals surface area contributed by atoms with E-state index < -0.39 is 30.2 Å². The van der Waals surface area contributed by atoms with Crippen molar-refractivity contribution in [1.82, 2.24) is 4.73 Å². The van der Waals surface area contributed by atoms with E-state index in [0.717, 1.165) is 12.1 Å². The summed E-state index contributed by atoms with van der Waals surface area (Å²) in [6, 6.07) is 2.25. The summed E-state index contributed by atoms with van der Waals surface area (Å²) in [7, 11) is 0. The smallest absolute Gasteiger partial charge is 0.492 e. The van der Waals surface area contributed by atoms with E-state index in [4.69, 9.17) is 9.47 Å². The number of esters is 1. The second-order valence-corrected chi connectivity index (χ2v) is 4.26. The zero-order chi connectivity index (χ0) is 15.3. The highest BCUT2D eigenvalue weighted by Gasteiger charge is 2.24. The summed E-state index contributed by atoms with van der Waals surface area (Å²) in [6.07, 6.45) is -2.20. The maximum atomic E-state index is 11.5. The molecule has 0 radical (unpaired) electrons. The molecule has 1 aromatic heterocycles. The van der Waals surface area contributed by atoms with Crippen molar-refractivity contribution in [1.29, 1.82) is 0 Å². The number of ether oxygens (including phenoxy) is 2. The van der Waals surface area contributed by atoms with Crippen LogP contribution in [0.25, 0.3) is 0 Å². The monoisotopic (exact) mass is 287 g/mol. The van der Waals surface area contributed by atoms with Gasteiger partial charge in [0.25, 0.3) is 6.29 Å². The number of hydrogen-bond acceptors (Lipinski definition) is 7. The number of carbonyl (C=O) groups excluding carboxylic acids is 2. The van der Waals surface area contributed by atoms with E-state index in [0.29, 0.717) is 4.73 Å². The van der Waals surface area contributed by atoms with Crippen molar-refractivity contribution in [3.8, 4) is 11.8 Å². The van der Waals surface area contributed by atoms with Crippen LogP contribution in [0.4, 0.5) is 4.79 Å². The zero-order valence-corrected chi connectivity index (χ0v) is 11.4. The van der Waals surface area contributed by atoms with E-state index in [1.54, 1.807) is 20.8 Å². The first-order valence-electron chi connectivity index (χ1n) is 6.03. The fourth-order valence-electron chi connectivity index (χ4n) is 1.20. The number of carbonyl (C=O) groups is 2. The molecule has 1 unspecified atom stereocenters. The molecule has 112 valence electrons. The maximum Gasteiger partial charge on any atom is 0.537 e. The topological polar surface area (TPSA) is 107 Å². The highest BCUT2D eigenvalue weighted by Crippen LogP contribution is 2.19. The van der Waals surface area contributed by atoms with Crippen molar-refractivity contribution in [2.45, 2.75) is 33.5 Å². The molecule has 0 bridgehead atoms. The van der Waals surface area contributed by atoms with Crippen molar-refractivity contribution in [3.05, 3.63) is 12.1 Å². The highest BCUT2D eigenvalue weighted by molar-refractivity contribution is 5.69. The summed E-state index contributed by atoms with van der Waals surface area (Å²) in [5.41, 5.74) is 0. The Hall–Kier alpha value is -2.38. The van der Waals surface area contributed by atoms with E-state index in [1.807, 2.05) is 0 Å². The van der Waals surface area contributed by atoms with Gasteiger partial charge < -0.3 is 19.7 Å². The first-order chi connectivity index (χ1) is 9.35. The summed E-state index contributed by atoms with van der Waals surface area (Å²) in [5, 5.41) is 18.6. The normalized spacial score (nSPS) is 12.0. The lowest BCUT2D eigenvalue weighted by Crippen LogP contribution is -2.32. The van der Waals surface area contributed by atoms with Crippen LogP contribution in [-0.4, -0.2) is 33.4 Å². The largest absolute Gasteiger partial charge is 0.537 e. The Balaban J connectivity index is 2.65. The van der Waals surface area contributed by atoms with Crippen molar-refractivity contribution in [3.63, 3.8) is 0 Å². The molecular formula is C12H17NO7. The molecule has 2 N–H and O–H groups in total. The van der Waals surface area contributed by atoms with Crippen molar-refractivity contribution in [2.75, 3.05) is 0 Å². The molecule has 0 spiro atoms. The van der Waals surface area contributed by atoms with Gasteiger partial charge in [0.1, 0.15) is 0 Å². The lowest BCUT2D eigenvalue weighted by Gasteiger charge is -2.20. The van der Waals surface area contributed by atoms with Gasteiger partial charge in [0.05, 0.1) is 0 Å². The molecule has 20 heavy (non-hydrogen) atoms. The van der Waals surface area contributed by atoms with Crippen LogP contribution in [0.3, 0.4) is 0 Å². The van der Waals surface area contributed by atoms with Crippen LogP contribution in [0.2, 0.25) is 0 Å². The predicted molar refractivity (Wildman–Crippen MR) is 65.8 cm³/mol. The molecule has 1 rings (SSSR count). The third-order valence-corrected chi connectivity index (χ3v) is 2.26. The summed E-state index contributed by atoms with van der Waals surface area (Å²) in [5.74, 6) is -1.77. The first kappa shape index (κ1) is 15.7. The number of hydrogen-bond donors (Lipinski definition) is 2. The molecule has 1 heterocycles. The van der Waals surface area contributed by atoms with Crippen molar-refractivity contribution >= 4 is 12.1 Å². The summed E-state index contributed by atoms with van der Waals surface area (Å²) in [6.45, 7) is 4.98. The Morgan fingerprint density at radius 3 is 2.20 bits per heavy atom. The van der Waals surface area contributed by atoms with Crippen LogP contribution < -0.4 is 4.84 Å². The third-order valence-electron chi connectivity index (χ3n) is 2.26. The number of aromatic nitrogens is 1. The maximum absolute atomic E-state index is 11.5. The van der Waals surface area contributed by atoms with Crippen molar-refractivity contribution in [2.24, 2.45) is 5.92 Å². The van der Waals surface area contributed by atoms with Gasteiger partial charge >= 0.3 is 12.1 Å². The van der Waals surface area contributed by atoms with Gasteiger partial charge in [0, 0.05) is 24.5 Å². The predicted octanol–water partition coefficient (Wildman–Crippen LogP) is 1.40. The fourth-order valence-corrected chi connectivity index (χ4v) is 1.20. The van der Waals surface area contributed by atoms with Gasteiger partial charge in [-0.1, -0.05) is 20.8 Å². The van der Waals surface area contributed by atoms with Crippen molar-refractivity contribution < 1.29 is 34.1 Å². The molecule has 0 aliphatic rings. The Labute approximate surface area is 115 Å². The molecule has 8 nitrogen and oxygen atoms in total. The van der Waals surface area contributed by atoms with Crippen LogP contribution in [0.1, 0.15) is 27.2 Å². The molecule has 0 amide bonds. The molecule has 0 fully saturated rings. The molecule has 8 heteroatoms. The molecular weight excluding hydrogens is 270 g/mol. The summed E-state index contributed by atoms with van der Waals surface area (Å²) >= 11 is 0. The Morgan fingerprint density at radius 1 is 1.20 bits per heavy atom. The fraction of sp³-hybridized carbons (Fsp3) is 0.500. The molecule has 0 aliphatic carbocycles. The van der Waals surface area contributed by atoms with Gasteiger partial charge in [-0.25, -0.2) is 4.79 Å². The number of rotatable bonds is 5. The molecule has 1 atom stereocenters. The summed E-state index contributed by atoms with van der Waals surface area (Å²) < 4.78 is 10.2. The minimum Gasteiger partial charge on any atom is -0.492 e. The van der Waals surface area contributed by atoms with Gasteiger partial charge in [-0.05, 0) is 0 Å². The second-order valence-electron chi connectivity index (χ2n) is 4.26. The number of nitrogens with zero attached hydrogens (tertiary/aromatic N) is 1. The highest BCUT2D eigenvalue weighted by atomic mass is 16.9.